The summed E-state index contributed by atoms with van der Waals surface area (Å²) >= 11 is 0. The van der Waals surface area contributed by atoms with Crippen LogP contribution < -0.4 is 20.1 Å². The van der Waals surface area contributed by atoms with Gasteiger partial charge in [0, 0.05) is 49.0 Å². The highest BCUT2D eigenvalue weighted by atomic mass is 16.5. The monoisotopic (exact) mass is 572 g/mol. The van der Waals surface area contributed by atoms with E-state index >= 15 is 0 Å². The minimum Gasteiger partial charge on any atom is -0.497 e. The number of hydrogen-bond donors (Lipinski definition) is 3. The van der Waals surface area contributed by atoms with Crippen LogP contribution in [0.3, 0.4) is 0 Å². The molecule has 3 amide bonds. The number of benzene rings is 2. The molecule has 0 radical (unpaired) electrons. The Kier molecular flexibility index (Phi) is 8.61. The summed E-state index contributed by atoms with van der Waals surface area (Å²) in [5.41, 5.74) is 0.957. The van der Waals surface area contributed by atoms with Crippen molar-refractivity contribution < 1.29 is 29.0 Å². The lowest BCUT2D eigenvalue weighted by atomic mass is 10.1. The minimum absolute atomic E-state index is 0.0882. The summed E-state index contributed by atoms with van der Waals surface area (Å²) in [5, 5.41) is 16.2. The number of allylic oxidation sites excluding steroid dienone is 1. The summed E-state index contributed by atoms with van der Waals surface area (Å²) in [6.45, 7) is 0.632. The Balaban J connectivity index is 1.38. The highest BCUT2D eigenvalue weighted by Crippen LogP contribution is 2.45. The van der Waals surface area contributed by atoms with E-state index in [1.54, 1.807) is 19.1 Å². The van der Waals surface area contributed by atoms with Crippen molar-refractivity contribution in [3.05, 3.63) is 66.7 Å². The highest BCUT2D eigenvalue weighted by Gasteiger charge is 2.60. The molecule has 3 N–H and O–H groups in total. The SMILES string of the molecule is COc1ccc2c(OCC[C@@H]3NC(=O)N(C)CCCCC=C[C@@H]4C[C@@]4(C(=O)O)NC3=O)cc(-c3ccccc3)nc2c1. The van der Waals surface area contributed by atoms with E-state index in [1.807, 2.05) is 66.7 Å². The van der Waals surface area contributed by atoms with E-state index in [-0.39, 0.29) is 18.9 Å². The van der Waals surface area contributed by atoms with Crippen molar-refractivity contribution in [2.45, 2.75) is 43.7 Å². The fourth-order valence-electron chi connectivity index (χ4n) is 5.24. The molecule has 2 heterocycles. The van der Waals surface area contributed by atoms with Gasteiger partial charge in [0.05, 0.1) is 24.9 Å². The first kappa shape index (κ1) is 28.9. The van der Waals surface area contributed by atoms with Gasteiger partial charge in [-0.1, -0.05) is 42.5 Å². The second-order valence-corrected chi connectivity index (χ2v) is 10.8. The van der Waals surface area contributed by atoms with Crippen LogP contribution in [0.1, 0.15) is 32.1 Å². The van der Waals surface area contributed by atoms with Crippen LogP contribution in [-0.4, -0.2) is 71.8 Å². The molecule has 0 spiro atoms. The lowest BCUT2D eigenvalue weighted by Crippen LogP contribution is -2.55. The minimum atomic E-state index is -1.36. The summed E-state index contributed by atoms with van der Waals surface area (Å²) in [6.07, 6.45) is 6.76. The number of carboxylic acids is 1. The molecule has 3 aromatic rings. The molecule has 10 heteroatoms. The van der Waals surface area contributed by atoms with E-state index in [4.69, 9.17) is 14.5 Å². The number of carbonyl (C=O) groups excluding carboxylic acids is 2. The van der Waals surface area contributed by atoms with Gasteiger partial charge in [-0.2, -0.15) is 0 Å². The standard InChI is InChI=1S/C32H36N4O6/c1-36-16-9-4-3-8-12-22-20-32(22,30(38)39)35-29(37)25(34-31(36)40)15-17-42-28-19-26(21-10-6-5-7-11-21)33-27-18-23(41-2)13-14-24(27)28/h5-8,10-14,18-19,22,25H,3-4,9,15-17,20H2,1-2H3,(H,34,40)(H,35,37)(H,38,39)/t22-,25+,32-/m1/s1. The largest absolute Gasteiger partial charge is 0.497 e. The number of methoxy groups -OCH3 is 1. The van der Waals surface area contributed by atoms with Gasteiger partial charge in [0.1, 0.15) is 23.1 Å². The second kappa shape index (κ2) is 12.5. The first-order valence-corrected chi connectivity index (χ1v) is 14.2. The summed E-state index contributed by atoms with van der Waals surface area (Å²) in [5.74, 6) is -0.683. The van der Waals surface area contributed by atoms with E-state index in [2.05, 4.69) is 10.6 Å². The second-order valence-electron chi connectivity index (χ2n) is 10.8. The number of aliphatic carboxylic acids is 1. The Morgan fingerprint density at radius 2 is 1.95 bits per heavy atom. The molecule has 1 fully saturated rings. The fourth-order valence-corrected chi connectivity index (χ4v) is 5.24. The van der Waals surface area contributed by atoms with E-state index in [0.717, 1.165) is 30.2 Å². The number of carbonyl (C=O) groups is 3. The quantitative estimate of drug-likeness (QED) is 0.358. The fraction of sp³-hybridized carbons (Fsp3) is 0.375. The van der Waals surface area contributed by atoms with Crippen molar-refractivity contribution in [3.63, 3.8) is 0 Å². The number of rotatable bonds is 7. The molecule has 1 aromatic heterocycles. The summed E-state index contributed by atoms with van der Waals surface area (Å²) in [4.78, 5) is 44.9. The van der Waals surface area contributed by atoms with Crippen LogP contribution in [0.5, 0.6) is 11.5 Å². The molecule has 42 heavy (non-hydrogen) atoms. The number of aromatic nitrogens is 1. The number of nitrogens with zero attached hydrogens (tertiary/aromatic N) is 2. The molecule has 1 aliphatic carbocycles. The third-order valence-electron chi connectivity index (χ3n) is 7.90. The lowest BCUT2D eigenvalue weighted by molar-refractivity contribution is -0.143. The van der Waals surface area contributed by atoms with Crippen molar-refractivity contribution in [3.8, 4) is 22.8 Å². The van der Waals surface area contributed by atoms with Crippen LogP contribution in [0.15, 0.2) is 66.7 Å². The number of fused-ring (bicyclic) bond motifs is 2. The van der Waals surface area contributed by atoms with Gasteiger partial charge < -0.3 is 30.1 Å². The molecular formula is C32H36N4O6. The van der Waals surface area contributed by atoms with Gasteiger partial charge >= 0.3 is 12.0 Å². The maximum absolute atomic E-state index is 13.4. The number of amides is 3. The van der Waals surface area contributed by atoms with Crippen molar-refractivity contribution >= 4 is 28.8 Å². The predicted octanol–water partition coefficient (Wildman–Crippen LogP) is 4.39. The van der Waals surface area contributed by atoms with E-state index < -0.39 is 29.5 Å². The topological polar surface area (TPSA) is 130 Å². The number of pyridine rings is 1. The normalized spacial score (nSPS) is 22.9. The van der Waals surface area contributed by atoms with E-state index in [0.29, 0.717) is 35.7 Å². The van der Waals surface area contributed by atoms with Gasteiger partial charge in [-0.05, 0) is 37.8 Å². The molecular weight excluding hydrogens is 536 g/mol. The molecule has 3 atom stereocenters. The van der Waals surface area contributed by atoms with Crippen LogP contribution in [0.4, 0.5) is 4.79 Å². The van der Waals surface area contributed by atoms with Crippen LogP contribution >= 0.6 is 0 Å². The summed E-state index contributed by atoms with van der Waals surface area (Å²) in [7, 11) is 3.28. The van der Waals surface area contributed by atoms with Gasteiger partial charge in [0.25, 0.3) is 0 Å². The van der Waals surface area contributed by atoms with Crippen molar-refractivity contribution in [2.75, 3.05) is 27.3 Å². The predicted molar refractivity (Wildman–Crippen MR) is 158 cm³/mol. The lowest BCUT2D eigenvalue weighted by Gasteiger charge is -2.25. The van der Waals surface area contributed by atoms with E-state index in [9.17, 15) is 19.5 Å². The molecule has 2 aliphatic rings. The molecule has 1 aliphatic heterocycles. The Bertz CT molecular complexity index is 1490. The maximum atomic E-state index is 13.4. The van der Waals surface area contributed by atoms with Crippen LogP contribution in [0, 0.1) is 5.92 Å². The molecule has 220 valence electrons. The van der Waals surface area contributed by atoms with Gasteiger partial charge in [-0.15, -0.1) is 0 Å². The molecule has 10 nitrogen and oxygen atoms in total. The zero-order valence-electron chi connectivity index (χ0n) is 23.8. The molecule has 0 bridgehead atoms. The van der Waals surface area contributed by atoms with Crippen LogP contribution in [-0.2, 0) is 9.59 Å². The first-order chi connectivity index (χ1) is 20.3. The summed E-state index contributed by atoms with van der Waals surface area (Å²) < 4.78 is 11.6. The zero-order valence-corrected chi connectivity index (χ0v) is 23.8. The van der Waals surface area contributed by atoms with Gasteiger partial charge in [-0.3, -0.25) is 4.79 Å². The summed E-state index contributed by atoms with van der Waals surface area (Å²) in [6, 6.07) is 15.7. The van der Waals surface area contributed by atoms with Gasteiger partial charge in [-0.25, -0.2) is 14.6 Å². The van der Waals surface area contributed by atoms with Crippen molar-refractivity contribution in [1.82, 2.24) is 20.5 Å². The number of carboxylic acid groups (broad SMARTS) is 1. The first-order valence-electron chi connectivity index (χ1n) is 14.2. The average Bonchev–Trinajstić information content (AvgIpc) is 3.71. The Labute approximate surface area is 244 Å². The zero-order chi connectivity index (χ0) is 29.7. The smallest absolute Gasteiger partial charge is 0.330 e. The van der Waals surface area contributed by atoms with Crippen LogP contribution in [0.2, 0.25) is 0 Å². The molecule has 5 rings (SSSR count). The maximum Gasteiger partial charge on any atom is 0.330 e. The van der Waals surface area contributed by atoms with E-state index in [1.165, 1.54) is 0 Å². The Hall–Kier alpha value is -4.60. The Morgan fingerprint density at radius 1 is 1.14 bits per heavy atom. The number of hydrogen-bond acceptors (Lipinski definition) is 6. The van der Waals surface area contributed by atoms with Gasteiger partial charge in [0.15, 0.2) is 0 Å². The molecule has 2 aromatic carbocycles. The highest BCUT2D eigenvalue weighted by molar-refractivity contribution is 5.94. The molecule has 0 saturated heterocycles. The van der Waals surface area contributed by atoms with Gasteiger partial charge in [0.2, 0.25) is 5.91 Å². The molecule has 1 saturated carbocycles. The van der Waals surface area contributed by atoms with Crippen LogP contribution in [0.25, 0.3) is 22.2 Å². The number of ether oxygens (including phenoxy) is 2. The number of urea groups is 1. The Morgan fingerprint density at radius 3 is 2.71 bits per heavy atom. The third-order valence-corrected chi connectivity index (χ3v) is 7.90. The number of nitrogens with one attached hydrogen (secondary N) is 2. The van der Waals surface area contributed by atoms with Crippen molar-refractivity contribution in [1.29, 1.82) is 0 Å². The average molecular weight is 573 g/mol. The van der Waals surface area contributed by atoms with Crippen molar-refractivity contribution in [2.24, 2.45) is 5.92 Å². The third kappa shape index (κ3) is 6.32. The molecule has 0 unspecified atom stereocenters.